The van der Waals surface area contributed by atoms with Gasteiger partial charge in [0.1, 0.15) is 0 Å². The number of amides is 2. The molecule has 3 heterocycles. The summed E-state index contributed by atoms with van der Waals surface area (Å²) < 4.78 is 0. The van der Waals surface area contributed by atoms with Crippen LogP contribution >= 0.6 is 0 Å². The van der Waals surface area contributed by atoms with Gasteiger partial charge in [0.2, 0.25) is 0 Å². The van der Waals surface area contributed by atoms with Crippen LogP contribution in [0.25, 0.3) is 10.9 Å². The number of aryl methyl sites for hydroxylation is 1. The molecule has 0 bridgehead atoms. The highest BCUT2D eigenvalue weighted by atomic mass is 16.3. The van der Waals surface area contributed by atoms with E-state index in [0.29, 0.717) is 30.3 Å². The first-order chi connectivity index (χ1) is 17.5. The summed E-state index contributed by atoms with van der Waals surface area (Å²) in [6.07, 6.45) is 11.3. The smallest absolute Gasteiger partial charge is 0.261 e. The predicted molar refractivity (Wildman–Crippen MR) is 140 cm³/mol. The van der Waals surface area contributed by atoms with Gasteiger partial charge in [-0.2, -0.15) is 0 Å². The summed E-state index contributed by atoms with van der Waals surface area (Å²) in [7, 11) is 0. The van der Waals surface area contributed by atoms with E-state index in [1.165, 1.54) is 21.4 Å². The quantitative estimate of drug-likeness (QED) is 0.453. The number of imide groups is 1. The number of carbonyl (C=O) groups excluding carboxylic acids is 2. The summed E-state index contributed by atoms with van der Waals surface area (Å²) in [5.41, 5.74) is 4.34. The van der Waals surface area contributed by atoms with E-state index in [4.69, 9.17) is 0 Å². The Balaban J connectivity index is 1.11. The van der Waals surface area contributed by atoms with Crippen LogP contribution in [0.2, 0.25) is 0 Å². The third kappa shape index (κ3) is 4.37. The van der Waals surface area contributed by atoms with Crippen molar-refractivity contribution in [1.82, 2.24) is 14.8 Å². The normalized spacial score (nSPS) is 21.7. The molecule has 0 spiro atoms. The van der Waals surface area contributed by atoms with E-state index in [1.54, 1.807) is 12.1 Å². The molecule has 0 unspecified atom stereocenters. The summed E-state index contributed by atoms with van der Waals surface area (Å²) in [6.45, 7) is 2.14. The Morgan fingerprint density at radius 2 is 1.72 bits per heavy atom. The Morgan fingerprint density at radius 1 is 0.972 bits per heavy atom. The number of fused-ring (bicyclic) bond motifs is 2. The maximum atomic E-state index is 12.8. The number of benzene rings is 2. The fourth-order valence-corrected chi connectivity index (χ4v) is 6.56. The molecule has 1 atom stereocenters. The number of hydrogen-bond acceptors (Lipinski definition) is 4. The van der Waals surface area contributed by atoms with Gasteiger partial charge in [-0.3, -0.25) is 19.4 Å². The maximum absolute atomic E-state index is 12.8. The lowest BCUT2D eigenvalue weighted by Gasteiger charge is -2.26. The molecular formula is C30H35N3O3. The monoisotopic (exact) mass is 485 g/mol. The van der Waals surface area contributed by atoms with Gasteiger partial charge in [-0.05, 0) is 86.9 Å². The Labute approximate surface area is 212 Å². The molecule has 1 aromatic heterocycles. The number of likely N-dealkylation sites (tertiary alicyclic amines) is 1. The molecule has 2 N–H and O–H groups in total. The fourth-order valence-electron chi connectivity index (χ4n) is 6.56. The molecule has 3 aliphatic rings. The van der Waals surface area contributed by atoms with E-state index in [2.05, 4.69) is 34.3 Å². The molecule has 6 nitrogen and oxygen atoms in total. The highest BCUT2D eigenvalue weighted by Gasteiger charge is 2.36. The molecule has 2 amide bonds. The highest BCUT2D eigenvalue weighted by molar-refractivity contribution is 6.21. The third-order valence-electron chi connectivity index (χ3n) is 8.69. The lowest BCUT2D eigenvalue weighted by Crippen LogP contribution is -2.40. The standard InChI is InChI=1S/C30H35N3O3/c34-28-24-7-1-2-8-25(24)29(35)33(28)17-16-32-15-5-6-23(32)19-22-20-31-27-10-9-21(18-26(22)27)11-14-30(36)12-3-4-13-30/h1-2,7-10,18,20,23,31,36H,3-6,11-17,19H2/t23-/m1/s1. The van der Waals surface area contributed by atoms with E-state index >= 15 is 0 Å². The van der Waals surface area contributed by atoms with Gasteiger partial charge in [0.05, 0.1) is 16.7 Å². The first kappa shape index (κ1) is 23.4. The average Bonchev–Trinajstić information content (AvgIpc) is 3.67. The van der Waals surface area contributed by atoms with Crippen LogP contribution in [0.15, 0.2) is 48.7 Å². The molecule has 1 saturated carbocycles. The van der Waals surface area contributed by atoms with Crippen LogP contribution in [0.1, 0.15) is 76.8 Å². The zero-order chi connectivity index (χ0) is 24.7. The van der Waals surface area contributed by atoms with E-state index in [0.717, 1.165) is 69.8 Å². The van der Waals surface area contributed by atoms with Gasteiger partial charge >= 0.3 is 0 Å². The Bertz CT molecular complexity index is 1250. The SMILES string of the molecule is O=C1c2ccccc2C(=O)N1CCN1CCC[C@@H]1Cc1c[nH]c2ccc(CCC3(O)CCCC3)cc12. The van der Waals surface area contributed by atoms with Crippen LogP contribution < -0.4 is 0 Å². The van der Waals surface area contributed by atoms with E-state index < -0.39 is 5.60 Å². The number of H-pyrrole nitrogens is 1. The van der Waals surface area contributed by atoms with Crippen molar-refractivity contribution < 1.29 is 14.7 Å². The van der Waals surface area contributed by atoms with Crippen LogP contribution in [0.4, 0.5) is 0 Å². The summed E-state index contributed by atoms with van der Waals surface area (Å²) in [5, 5.41) is 12.0. The molecule has 0 radical (unpaired) electrons. The number of hydrogen-bond donors (Lipinski definition) is 2. The molecule has 3 aromatic rings. The lowest BCUT2D eigenvalue weighted by atomic mass is 9.92. The van der Waals surface area contributed by atoms with Crippen molar-refractivity contribution >= 4 is 22.7 Å². The second-order valence-electron chi connectivity index (χ2n) is 11.0. The lowest BCUT2D eigenvalue weighted by molar-refractivity contribution is 0.0391. The first-order valence-corrected chi connectivity index (χ1v) is 13.5. The number of aromatic amines is 1. The van der Waals surface area contributed by atoms with Crippen molar-refractivity contribution in [3.63, 3.8) is 0 Å². The number of aliphatic hydroxyl groups is 1. The van der Waals surface area contributed by atoms with Crippen LogP contribution in [-0.4, -0.2) is 63.0 Å². The maximum Gasteiger partial charge on any atom is 0.261 e. The molecule has 36 heavy (non-hydrogen) atoms. The number of nitrogens with one attached hydrogen (secondary N) is 1. The summed E-state index contributed by atoms with van der Waals surface area (Å²) in [5.74, 6) is -0.337. The van der Waals surface area contributed by atoms with Crippen molar-refractivity contribution in [2.75, 3.05) is 19.6 Å². The molecule has 1 saturated heterocycles. The number of rotatable bonds is 8. The van der Waals surface area contributed by atoms with Crippen LogP contribution in [0.3, 0.4) is 0 Å². The van der Waals surface area contributed by atoms with Crippen molar-refractivity contribution in [3.8, 4) is 0 Å². The summed E-state index contributed by atoms with van der Waals surface area (Å²) in [6, 6.07) is 14.2. The average molecular weight is 486 g/mol. The topological polar surface area (TPSA) is 76.6 Å². The van der Waals surface area contributed by atoms with Crippen molar-refractivity contribution in [3.05, 3.63) is 70.9 Å². The first-order valence-electron chi connectivity index (χ1n) is 13.5. The molecule has 2 fully saturated rings. The van der Waals surface area contributed by atoms with Gasteiger partial charge in [0.15, 0.2) is 0 Å². The molecule has 2 aliphatic heterocycles. The minimum absolute atomic E-state index is 0.169. The number of nitrogens with zero attached hydrogens (tertiary/aromatic N) is 2. The number of carbonyl (C=O) groups is 2. The molecule has 1 aliphatic carbocycles. The Morgan fingerprint density at radius 3 is 2.47 bits per heavy atom. The highest BCUT2D eigenvalue weighted by Crippen LogP contribution is 2.34. The summed E-state index contributed by atoms with van der Waals surface area (Å²) >= 11 is 0. The van der Waals surface area contributed by atoms with Gasteiger partial charge < -0.3 is 10.1 Å². The van der Waals surface area contributed by atoms with Crippen LogP contribution in [0.5, 0.6) is 0 Å². The minimum atomic E-state index is -0.472. The van der Waals surface area contributed by atoms with Crippen molar-refractivity contribution in [1.29, 1.82) is 0 Å². The molecule has 188 valence electrons. The van der Waals surface area contributed by atoms with Crippen LogP contribution in [-0.2, 0) is 12.8 Å². The predicted octanol–water partition coefficient (Wildman–Crippen LogP) is 4.71. The fraction of sp³-hybridized carbons (Fsp3) is 0.467. The number of aromatic nitrogens is 1. The van der Waals surface area contributed by atoms with Gasteiger partial charge in [0, 0.05) is 36.2 Å². The van der Waals surface area contributed by atoms with Crippen molar-refractivity contribution in [2.45, 2.75) is 69.4 Å². The zero-order valence-electron chi connectivity index (χ0n) is 20.8. The van der Waals surface area contributed by atoms with Crippen molar-refractivity contribution in [2.24, 2.45) is 0 Å². The molecular weight excluding hydrogens is 450 g/mol. The zero-order valence-corrected chi connectivity index (χ0v) is 20.8. The van der Waals surface area contributed by atoms with Gasteiger partial charge in [-0.15, -0.1) is 0 Å². The molecule has 2 aromatic carbocycles. The van der Waals surface area contributed by atoms with E-state index in [9.17, 15) is 14.7 Å². The Hall–Kier alpha value is -2.96. The second-order valence-corrected chi connectivity index (χ2v) is 11.0. The second kappa shape index (κ2) is 9.49. The molecule has 6 heteroatoms. The van der Waals surface area contributed by atoms with E-state index in [1.807, 2.05) is 12.1 Å². The van der Waals surface area contributed by atoms with Gasteiger partial charge in [-0.25, -0.2) is 0 Å². The molecule has 6 rings (SSSR count). The van der Waals surface area contributed by atoms with Gasteiger partial charge in [0.25, 0.3) is 11.8 Å². The van der Waals surface area contributed by atoms with E-state index in [-0.39, 0.29) is 11.8 Å². The van der Waals surface area contributed by atoms with Gasteiger partial charge in [-0.1, -0.05) is 31.0 Å². The largest absolute Gasteiger partial charge is 0.390 e. The summed E-state index contributed by atoms with van der Waals surface area (Å²) in [4.78, 5) is 32.8. The minimum Gasteiger partial charge on any atom is -0.390 e. The van der Waals surface area contributed by atoms with Crippen LogP contribution in [0, 0.1) is 0 Å². The third-order valence-corrected chi connectivity index (χ3v) is 8.69. The Kier molecular flexibility index (Phi) is 6.18.